The van der Waals surface area contributed by atoms with Gasteiger partial charge in [0, 0.05) is 18.2 Å². The molecule has 0 radical (unpaired) electrons. The van der Waals surface area contributed by atoms with Gasteiger partial charge in [-0.1, -0.05) is 6.07 Å². The predicted octanol–water partition coefficient (Wildman–Crippen LogP) is 2.71. The SMILES string of the molecule is COc1ccc(CN(C)CC(=O)Nc2cc3c(cc2C(C)=O)OCO3)cc1OC. The van der Waals surface area contributed by atoms with Crippen molar-refractivity contribution >= 4 is 17.4 Å². The van der Waals surface area contributed by atoms with Gasteiger partial charge in [-0.2, -0.15) is 0 Å². The fourth-order valence-corrected chi connectivity index (χ4v) is 3.12. The minimum Gasteiger partial charge on any atom is -0.493 e. The highest BCUT2D eigenvalue weighted by atomic mass is 16.7. The molecule has 1 N–H and O–H groups in total. The average Bonchev–Trinajstić information content (AvgIpc) is 3.14. The third kappa shape index (κ3) is 4.78. The summed E-state index contributed by atoms with van der Waals surface area (Å²) in [6.45, 7) is 2.21. The van der Waals surface area contributed by atoms with E-state index in [0.29, 0.717) is 40.8 Å². The normalized spacial score (nSPS) is 12.0. The van der Waals surface area contributed by atoms with Crippen molar-refractivity contribution in [1.82, 2.24) is 4.90 Å². The molecule has 0 bridgehead atoms. The molecule has 8 heteroatoms. The largest absolute Gasteiger partial charge is 0.493 e. The van der Waals surface area contributed by atoms with E-state index < -0.39 is 0 Å². The van der Waals surface area contributed by atoms with Crippen LogP contribution in [0.4, 0.5) is 5.69 Å². The van der Waals surface area contributed by atoms with Crippen molar-refractivity contribution in [2.24, 2.45) is 0 Å². The van der Waals surface area contributed by atoms with E-state index >= 15 is 0 Å². The molecule has 1 aliphatic rings. The molecule has 0 saturated carbocycles. The Balaban J connectivity index is 1.66. The zero-order valence-corrected chi connectivity index (χ0v) is 16.9. The Labute approximate surface area is 169 Å². The van der Waals surface area contributed by atoms with Gasteiger partial charge in [0.15, 0.2) is 28.8 Å². The first kappa shape index (κ1) is 20.5. The van der Waals surface area contributed by atoms with Crippen LogP contribution >= 0.6 is 0 Å². The molecule has 3 rings (SSSR count). The maximum absolute atomic E-state index is 12.5. The molecule has 0 spiro atoms. The summed E-state index contributed by atoms with van der Waals surface area (Å²) in [4.78, 5) is 26.3. The number of likely N-dealkylation sites (N-methyl/N-ethyl adjacent to an activating group) is 1. The van der Waals surface area contributed by atoms with Gasteiger partial charge in [-0.25, -0.2) is 0 Å². The molecule has 1 heterocycles. The van der Waals surface area contributed by atoms with E-state index in [2.05, 4.69) is 5.32 Å². The third-order valence-electron chi connectivity index (χ3n) is 4.48. The van der Waals surface area contributed by atoms with Gasteiger partial charge in [-0.15, -0.1) is 0 Å². The lowest BCUT2D eigenvalue weighted by Gasteiger charge is -2.18. The van der Waals surface area contributed by atoms with E-state index in [-0.39, 0.29) is 25.0 Å². The first-order chi connectivity index (χ1) is 13.9. The number of carbonyl (C=O) groups excluding carboxylic acids is 2. The van der Waals surface area contributed by atoms with Gasteiger partial charge in [0.2, 0.25) is 12.7 Å². The summed E-state index contributed by atoms with van der Waals surface area (Å²) in [5.41, 5.74) is 1.77. The van der Waals surface area contributed by atoms with Crippen LogP contribution in [0.3, 0.4) is 0 Å². The number of hydrogen-bond acceptors (Lipinski definition) is 7. The first-order valence-electron chi connectivity index (χ1n) is 9.05. The lowest BCUT2D eigenvalue weighted by molar-refractivity contribution is -0.117. The number of nitrogens with zero attached hydrogens (tertiary/aromatic N) is 1. The monoisotopic (exact) mass is 400 g/mol. The summed E-state index contributed by atoms with van der Waals surface area (Å²) in [6, 6.07) is 8.83. The molecular weight excluding hydrogens is 376 g/mol. The van der Waals surface area contributed by atoms with E-state index in [0.717, 1.165) is 5.56 Å². The number of Topliss-reactive ketones (excluding diaryl/α,β-unsaturated/α-hetero) is 1. The van der Waals surface area contributed by atoms with Crippen LogP contribution in [-0.2, 0) is 11.3 Å². The predicted molar refractivity (Wildman–Crippen MR) is 107 cm³/mol. The maximum atomic E-state index is 12.5. The fraction of sp³-hybridized carbons (Fsp3) is 0.333. The Bertz CT molecular complexity index is 928. The van der Waals surface area contributed by atoms with Gasteiger partial charge in [0.25, 0.3) is 0 Å². The number of benzene rings is 2. The molecule has 0 fully saturated rings. The number of fused-ring (bicyclic) bond motifs is 1. The molecule has 8 nitrogen and oxygen atoms in total. The van der Waals surface area contributed by atoms with Crippen LogP contribution in [0, 0.1) is 0 Å². The molecule has 154 valence electrons. The molecule has 0 aromatic heterocycles. The number of hydrogen-bond donors (Lipinski definition) is 1. The molecular formula is C21H24N2O6. The van der Waals surface area contributed by atoms with Crippen LogP contribution < -0.4 is 24.3 Å². The minimum absolute atomic E-state index is 0.0954. The number of methoxy groups -OCH3 is 2. The summed E-state index contributed by atoms with van der Waals surface area (Å²) in [6.07, 6.45) is 0. The van der Waals surface area contributed by atoms with Gasteiger partial charge < -0.3 is 24.3 Å². The number of rotatable bonds is 8. The Morgan fingerprint density at radius 2 is 1.76 bits per heavy atom. The van der Waals surface area contributed by atoms with E-state index in [9.17, 15) is 9.59 Å². The minimum atomic E-state index is -0.241. The van der Waals surface area contributed by atoms with Crippen molar-refractivity contribution in [2.45, 2.75) is 13.5 Å². The Kier molecular flexibility index (Phi) is 6.23. The quantitative estimate of drug-likeness (QED) is 0.682. The zero-order valence-electron chi connectivity index (χ0n) is 16.9. The van der Waals surface area contributed by atoms with Crippen molar-refractivity contribution in [3.05, 3.63) is 41.5 Å². The molecule has 1 aliphatic heterocycles. The van der Waals surface area contributed by atoms with Crippen molar-refractivity contribution in [3.8, 4) is 23.0 Å². The lowest BCUT2D eigenvalue weighted by atomic mass is 10.1. The van der Waals surface area contributed by atoms with Crippen LogP contribution in [-0.4, -0.2) is 51.2 Å². The van der Waals surface area contributed by atoms with E-state index in [4.69, 9.17) is 18.9 Å². The molecule has 0 saturated heterocycles. The average molecular weight is 400 g/mol. The van der Waals surface area contributed by atoms with Gasteiger partial charge in [0.1, 0.15) is 0 Å². The highest BCUT2D eigenvalue weighted by molar-refractivity contribution is 6.05. The number of ketones is 1. The topological polar surface area (TPSA) is 86.3 Å². The molecule has 1 amide bonds. The van der Waals surface area contributed by atoms with Gasteiger partial charge in [0.05, 0.1) is 26.5 Å². The van der Waals surface area contributed by atoms with Gasteiger partial charge in [-0.3, -0.25) is 14.5 Å². The first-order valence-corrected chi connectivity index (χ1v) is 9.05. The van der Waals surface area contributed by atoms with Crippen LogP contribution in [0.1, 0.15) is 22.8 Å². The molecule has 29 heavy (non-hydrogen) atoms. The highest BCUT2D eigenvalue weighted by Gasteiger charge is 2.20. The maximum Gasteiger partial charge on any atom is 0.238 e. The Morgan fingerprint density at radius 3 is 2.41 bits per heavy atom. The number of nitrogens with one attached hydrogen (secondary N) is 1. The van der Waals surface area contributed by atoms with Gasteiger partial charge in [-0.05, 0) is 37.7 Å². The summed E-state index contributed by atoms with van der Waals surface area (Å²) in [7, 11) is 5.00. The summed E-state index contributed by atoms with van der Waals surface area (Å²) < 4.78 is 21.2. The van der Waals surface area contributed by atoms with Gasteiger partial charge >= 0.3 is 0 Å². The summed E-state index contributed by atoms with van der Waals surface area (Å²) in [5, 5.41) is 2.80. The highest BCUT2D eigenvalue weighted by Crippen LogP contribution is 2.37. The van der Waals surface area contributed by atoms with Crippen molar-refractivity contribution in [2.75, 3.05) is 39.9 Å². The van der Waals surface area contributed by atoms with Crippen LogP contribution in [0.25, 0.3) is 0 Å². The Hall–Kier alpha value is -3.26. The van der Waals surface area contributed by atoms with Crippen molar-refractivity contribution in [1.29, 1.82) is 0 Å². The molecule has 0 aliphatic carbocycles. The number of carbonyl (C=O) groups is 2. The lowest BCUT2D eigenvalue weighted by Crippen LogP contribution is -2.30. The van der Waals surface area contributed by atoms with Crippen LogP contribution in [0.15, 0.2) is 30.3 Å². The molecule has 2 aromatic rings. The molecule has 0 unspecified atom stereocenters. The summed E-state index contributed by atoms with van der Waals surface area (Å²) >= 11 is 0. The fourth-order valence-electron chi connectivity index (χ4n) is 3.12. The molecule has 2 aromatic carbocycles. The second kappa shape index (κ2) is 8.83. The van der Waals surface area contributed by atoms with E-state index in [1.54, 1.807) is 26.4 Å². The van der Waals surface area contributed by atoms with Crippen LogP contribution in [0.5, 0.6) is 23.0 Å². The second-order valence-corrected chi connectivity index (χ2v) is 6.72. The van der Waals surface area contributed by atoms with E-state index in [1.165, 1.54) is 6.92 Å². The number of anilines is 1. The smallest absolute Gasteiger partial charge is 0.238 e. The van der Waals surface area contributed by atoms with Crippen LogP contribution in [0.2, 0.25) is 0 Å². The van der Waals surface area contributed by atoms with Crippen molar-refractivity contribution < 1.29 is 28.5 Å². The standard InChI is InChI=1S/C21H24N2O6/c1-13(24)15-8-19-20(29-12-28-19)9-16(15)22-21(25)11-23(2)10-14-5-6-17(26-3)18(7-14)27-4/h5-9H,10-12H2,1-4H3,(H,22,25). The molecule has 0 atom stereocenters. The number of amides is 1. The zero-order chi connectivity index (χ0) is 21.0. The third-order valence-corrected chi connectivity index (χ3v) is 4.48. The Morgan fingerprint density at radius 1 is 1.07 bits per heavy atom. The summed E-state index contributed by atoms with van der Waals surface area (Å²) in [5.74, 6) is 1.87. The van der Waals surface area contributed by atoms with E-state index in [1.807, 2.05) is 30.1 Å². The number of ether oxygens (including phenoxy) is 4. The van der Waals surface area contributed by atoms with Crippen molar-refractivity contribution in [3.63, 3.8) is 0 Å². The second-order valence-electron chi connectivity index (χ2n) is 6.72.